The maximum Gasteiger partial charge on any atom is 0.335 e. The third kappa shape index (κ3) is 6.13. The second kappa shape index (κ2) is 11.3. The van der Waals surface area contributed by atoms with Gasteiger partial charge in [0.05, 0.1) is 11.1 Å². The van der Waals surface area contributed by atoms with E-state index in [1.807, 2.05) is 42.5 Å². The number of carboxylic acids is 1. The molecule has 0 saturated carbocycles. The Labute approximate surface area is 199 Å². The number of allylic oxidation sites excluding steroid dienone is 1. The highest BCUT2D eigenvalue weighted by atomic mass is 16.5. The maximum absolute atomic E-state index is 13.1. The number of carbonyl (C=O) groups is 2. The monoisotopic (exact) mass is 455 g/mol. The Hall–Kier alpha value is -3.86. The normalized spacial score (nSPS) is 13.9. The summed E-state index contributed by atoms with van der Waals surface area (Å²) in [7, 11) is 0. The van der Waals surface area contributed by atoms with Crippen LogP contribution in [0.1, 0.15) is 48.0 Å². The summed E-state index contributed by atoms with van der Waals surface area (Å²) in [4.78, 5) is 24.2. The van der Waals surface area contributed by atoms with Gasteiger partial charge >= 0.3 is 5.97 Å². The number of aromatic carboxylic acids is 1. The summed E-state index contributed by atoms with van der Waals surface area (Å²) in [5.74, 6) is -0.450. The van der Waals surface area contributed by atoms with Crippen molar-refractivity contribution in [1.82, 2.24) is 5.32 Å². The number of nitrogens with one attached hydrogen (secondary N) is 1. The minimum Gasteiger partial charge on any atom is -0.488 e. The van der Waals surface area contributed by atoms with Gasteiger partial charge < -0.3 is 15.2 Å². The van der Waals surface area contributed by atoms with Crippen molar-refractivity contribution in [3.8, 4) is 5.75 Å². The molecule has 1 amide bonds. The number of amides is 1. The van der Waals surface area contributed by atoms with Gasteiger partial charge in [0.25, 0.3) is 5.91 Å². The van der Waals surface area contributed by atoms with E-state index >= 15 is 0 Å². The largest absolute Gasteiger partial charge is 0.488 e. The average Bonchev–Trinajstić information content (AvgIpc) is 2.87. The molecule has 0 radical (unpaired) electrons. The molecule has 0 fully saturated rings. The second-order valence-corrected chi connectivity index (χ2v) is 8.48. The van der Waals surface area contributed by atoms with Crippen LogP contribution < -0.4 is 10.1 Å². The van der Waals surface area contributed by atoms with E-state index < -0.39 is 5.97 Å². The molecule has 1 aliphatic rings. The van der Waals surface area contributed by atoms with Crippen LogP contribution >= 0.6 is 0 Å². The molecule has 0 aliphatic heterocycles. The number of hydrogen-bond acceptors (Lipinski definition) is 3. The lowest BCUT2D eigenvalue weighted by atomic mass is 9.97. The SMILES string of the molecule is O=C(NCCC1=CCCCC1)/C(=C/c1ccc(C(=O)O)cc1)COc1cccc2ccccc12. The predicted octanol–water partition coefficient (Wildman–Crippen LogP) is 6.01. The van der Waals surface area contributed by atoms with E-state index in [2.05, 4.69) is 11.4 Å². The Morgan fingerprint density at radius 2 is 1.76 bits per heavy atom. The third-order valence-corrected chi connectivity index (χ3v) is 6.04. The average molecular weight is 456 g/mol. The van der Waals surface area contributed by atoms with Gasteiger partial charge in [0.15, 0.2) is 0 Å². The van der Waals surface area contributed by atoms with Crippen molar-refractivity contribution in [3.05, 3.63) is 95.1 Å². The molecule has 5 heteroatoms. The number of ether oxygens (including phenoxy) is 1. The van der Waals surface area contributed by atoms with Gasteiger partial charge in [0.1, 0.15) is 12.4 Å². The molecule has 4 rings (SSSR count). The summed E-state index contributed by atoms with van der Waals surface area (Å²) in [5.41, 5.74) is 2.84. The number of rotatable bonds is 9. The van der Waals surface area contributed by atoms with Gasteiger partial charge in [-0.3, -0.25) is 4.79 Å². The molecule has 0 atom stereocenters. The van der Waals surface area contributed by atoms with E-state index in [1.54, 1.807) is 18.2 Å². The van der Waals surface area contributed by atoms with Gasteiger partial charge in [0.2, 0.25) is 0 Å². The first kappa shape index (κ1) is 23.3. The Morgan fingerprint density at radius 1 is 0.971 bits per heavy atom. The zero-order valence-electron chi connectivity index (χ0n) is 19.1. The standard InChI is InChI=1S/C29H29NO4/c31-28(30-18-17-21-7-2-1-3-8-21)25(19-22-13-15-24(16-14-22)29(32)33)20-34-27-12-6-10-23-9-4-5-11-26(23)27/h4-7,9-16,19H,1-3,8,17-18,20H2,(H,30,31)(H,32,33)/b25-19+. The molecule has 3 aromatic carbocycles. The smallest absolute Gasteiger partial charge is 0.335 e. The van der Waals surface area contributed by atoms with Gasteiger partial charge in [-0.15, -0.1) is 0 Å². The van der Waals surface area contributed by atoms with E-state index in [-0.39, 0.29) is 18.1 Å². The van der Waals surface area contributed by atoms with E-state index in [4.69, 9.17) is 9.84 Å². The van der Waals surface area contributed by atoms with Gasteiger partial charge in [-0.05, 0) is 67.3 Å². The lowest BCUT2D eigenvalue weighted by molar-refractivity contribution is -0.117. The molecule has 0 bridgehead atoms. The Bertz CT molecular complexity index is 1220. The van der Waals surface area contributed by atoms with Crippen molar-refractivity contribution < 1.29 is 19.4 Å². The predicted molar refractivity (Wildman–Crippen MR) is 135 cm³/mol. The molecule has 0 spiro atoms. The van der Waals surface area contributed by atoms with Gasteiger partial charge in [-0.2, -0.15) is 0 Å². The molecule has 5 nitrogen and oxygen atoms in total. The summed E-state index contributed by atoms with van der Waals surface area (Å²) in [5, 5.41) is 14.2. The Kier molecular flexibility index (Phi) is 7.76. The van der Waals surface area contributed by atoms with Crippen LogP contribution in [-0.4, -0.2) is 30.1 Å². The molecule has 1 aliphatic carbocycles. The number of carbonyl (C=O) groups excluding carboxylic acids is 1. The van der Waals surface area contributed by atoms with Gasteiger partial charge in [-0.25, -0.2) is 4.79 Å². The van der Waals surface area contributed by atoms with Crippen LogP contribution in [0.5, 0.6) is 5.75 Å². The highest BCUT2D eigenvalue weighted by Crippen LogP contribution is 2.26. The number of hydrogen-bond donors (Lipinski definition) is 2. The summed E-state index contributed by atoms with van der Waals surface area (Å²) in [6.07, 6.45) is 9.60. The lowest BCUT2D eigenvalue weighted by Crippen LogP contribution is -2.28. The molecule has 0 heterocycles. The van der Waals surface area contributed by atoms with E-state index in [1.165, 1.54) is 30.5 Å². The fourth-order valence-corrected chi connectivity index (χ4v) is 4.15. The molecule has 3 aromatic rings. The molecule has 34 heavy (non-hydrogen) atoms. The lowest BCUT2D eigenvalue weighted by Gasteiger charge is -2.15. The third-order valence-electron chi connectivity index (χ3n) is 6.04. The van der Waals surface area contributed by atoms with Crippen molar-refractivity contribution in [1.29, 1.82) is 0 Å². The quantitative estimate of drug-likeness (QED) is 0.306. The van der Waals surface area contributed by atoms with E-state index in [9.17, 15) is 9.59 Å². The number of carboxylic acid groups (broad SMARTS) is 1. The minimum atomic E-state index is -0.982. The molecule has 0 unspecified atom stereocenters. The summed E-state index contributed by atoms with van der Waals surface area (Å²) in [6, 6.07) is 20.3. The maximum atomic E-state index is 13.1. The summed E-state index contributed by atoms with van der Waals surface area (Å²) < 4.78 is 6.10. The summed E-state index contributed by atoms with van der Waals surface area (Å²) >= 11 is 0. The van der Waals surface area contributed by atoms with E-state index in [0.29, 0.717) is 17.9 Å². The van der Waals surface area contributed by atoms with Crippen molar-refractivity contribution >= 4 is 28.7 Å². The second-order valence-electron chi connectivity index (χ2n) is 8.48. The molecular weight excluding hydrogens is 426 g/mol. The minimum absolute atomic E-state index is 0.100. The number of fused-ring (bicyclic) bond motifs is 1. The highest BCUT2D eigenvalue weighted by molar-refractivity contribution is 5.98. The first-order valence-electron chi connectivity index (χ1n) is 11.7. The van der Waals surface area contributed by atoms with Crippen LogP contribution in [0, 0.1) is 0 Å². The van der Waals surface area contributed by atoms with Crippen LogP contribution in [-0.2, 0) is 4.79 Å². The fraction of sp³-hybridized carbons (Fsp3) is 0.241. The topological polar surface area (TPSA) is 75.6 Å². The van der Waals surface area contributed by atoms with Crippen molar-refractivity contribution in [3.63, 3.8) is 0 Å². The molecule has 2 N–H and O–H groups in total. The van der Waals surface area contributed by atoms with Gasteiger partial charge in [0, 0.05) is 11.9 Å². The number of benzene rings is 3. The summed E-state index contributed by atoms with van der Waals surface area (Å²) in [6.45, 7) is 0.678. The van der Waals surface area contributed by atoms with Crippen LogP contribution in [0.2, 0.25) is 0 Å². The Morgan fingerprint density at radius 3 is 2.53 bits per heavy atom. The molecular formula is C29H29NO4. The van der Waals surface area contributed by atoms with Crippen molar-refractivity contribution in [2.75, 3.05) is 13.2 Å². The zero-order valence-corrected chi connectivity index (χ0v) is 19.1. The van der Waals surface area contributed by atoms with E-state index in [0.717, 1.165) is 35.6 Å². The van der Waals surface area contributed by atoms with Crippen molar-refractivity contribution in [2.24, 2.45) is 0 Å². The Balaban J connectivity index is 1.50. The highest BCUT2D eigenvalue weighted by Gasteiger charge is 2.13. The first-order chi connectivity index (χ1) is 16.6. The van der Waals surface area contributed by atoms with Crippen LogP contribution in [0.15, 0.2) is 84.0 Å². The zero-order chi connectivity index (χ0) is 23.8. The molecule has 174 valence electrons. The van der Waals surface area contributed by atoms with Crippen LogP contribution in [0.25, 0.3) is 16.8 Å². The molecule has 0 aromatic heterocycles. The van der Waals surface area contributed by atoms with Gasteiger partial charge in [-0.1, -0.05) is 60.2 Å². The van der Waals surface area contributed by atoms with Crippen molar-refractivity contribution in [2.45, 2.75) is 32.1 Å². The fourth-order valence-electron chi connectivity index (χ4n) is 4.15. The molecule has 0 saturated heterocycles. The van der Waals surface area contributed by atoms with Crippen LogP contribution in [0.4, 0.5) is 0 Å². The van der Waals surface area contributed by atoms with Crippen LogP contribution in [0.3, 0.4) is 0 Å². The first-order valence-corrected chi connectivity index (χ1v) is 11.7.